The molecule has 2 amide bonds. The van der Waals surface area contributed by atoms with Gasteiger partial charge in [0.15, 0.2) is 0 Å². The summed E-state index contributed by atoms with van der Waals surface area (Å²) in [6.45, 7) is 3.12. The Kier molecular flexibility index (Phi) is 5.25. The molecule has 1 saturated heterocycles. The van der Waals surface area contributed by atoms with Gasteiger partial charge in [-0.1, -0.05) is 0 Å². The molecule has 0 spiro atoms. The molecule has 4 rings (SSSR count). The van der Waals surface area contributed by atoms with Gasteiger partial charge in [0.25, 0.3) is 11.5 Å². The zero-order chi connectivity index (χ0) is 21.4. The first-order chi connectivity index (χ1) is 14.3. The number of carbonyl (C=O) groups is 2. The average molecular weight is 427 g/mol. The van der Waals surface area contributed by atoms with Crippen molar-refractivity contribution in [3.63, 3.8) is 0 Å². The molecule has 0 aromatic carbocycles. The van der Waals surface area contributed by atoms with Crippen LogP contribution in [0.15, 0.2) is 29.5 Å². The number of nitrogens with one attached hydrogen (secondary N) is 1. The van der Waals surface area contributed by atoms with Gasteiger partial charge in [0, 0.05) is 20.1 Å². The minimum atomic E-state index is -0.307. The number of thiophene rings is 1. The topological polar surface area (TPSA) is 123 Å². The monoisotopic (exact) mass is 426 g/mol. The Labute approximate surface area is 176 Å². The van der Waals surface area contributed by atoms with E-state index in [-0.39, 0.29) is 23.3 Å². The number of nitrogens with two attached hydrogens (primary N) is 1. The summed E-state index contributed by atoms with van der Waals surface area (Å²) in [4.78, 5) is 48.3. The van der Waals surface area contributed by atoms with Gasteiger partial charge < -0.3 is 20.5 Å². The molecule has 1 aliphatic rings. The van der Waals surface area contributed by atoms with Gasteiger partial charge in [-0.25, -0.2) is 9.97 Å². The van der Waals surface area contributed by atoms with Gasteiger partial charge in [0.05, 0.1) is 34.4 Å². The molecule has 0 saturated carbocycles. The van der Waals surface area contributed by atoms with E-state index in [0.29, 0.717) is 32.9 Å². The molecule has 30 heavy (non-hydrogen) atoms. The third kappa shape index (κ3) is 3.65. The first-order valence-electron chi connectivity index (χ1n) is 9.61. The van der Waals surface area contributed by atoms with Crippen LogP contribution >= 0.6 is 11.3 Å². The molecule has 3 aromatic rings. The fourth-order valence-corrected chi connectivity index (χ4v) is 4.71. The van der Waals surface area contributed by atoms with Crippen LogP contribution in [0.4, 0.5) is 11.5 Å². The van der Waals surface area contributed by atoms with Crippen molar-refractivity contribution in [3.05, 3.63) is 45.5 Å². The van der Waals surface area contributed by atoms with Gasteiger partial charge in [-0.3, -0.25) is 14.4 Å². The van der Waals surface area contributed by atoms with Crippen LogP contribution in [0.1, 0.15) is 28.1 Å². The summed E-state index contributed by atoms with van der Waals surface area (Å²) in [5.41, 5.74) is 6.44. The molecule has 1 unspecified atom stereocenters. The molecule has 156 valence electrons. The molecular formula is C20H22N6O3S. The van der Waals surface area contributed by atoms with Crippen LogP contribution in [0.25, 0.3) is 10.2 Å². The zero-order valence-corrected chi connectivity index (χ0v) is 17.5. The second-order valence-corrected chi connectivity index (χ2v) is 8.44. The van der Waals surface area contributed by atoms with E-state index in [1.165, 1.54) is 22.2 Å². The second-order valence-electron chi connectivity index (χ2n) is 7.44. The number of primary amides is 1. The number of aromatic nitrogens is 3. The van der Waals surface area contributed by atoms with E-state index in [1.807, 2.05) is 11.0 Å². The summed E-state index contributed by atoms with van der Waals surface area (Å²) < 4.78 is 1.40. The summed E-state index contributed by atoms with van der Waals surface area (Å²) in [5, 5.41) is 3.30. The summed E-state index contributed by atoms with van der Waals surface area (Å²) in [6, 6.07) is 3.59. The SMILES string of the molecule is Cc1c(C(=O)Nc2ccc(N3CCCC(C(N)=O)C3)nc2)sc2ncn(C)c(=O)c12. The molecule has 1 aliphatic heterocycles. The van der Waals surface area contributed by atoms with E-state index < -0.39 is 0 Å². The predicted octanol–water partition coefficient (Wildman–Crippen LogP) is 1.65. The number of carbonyl (C=O) groups excluding carboxylic acids is 2. The molecule has 1 fully saturated rings. The maximum atomic E-state index is 12.8. The summed E-state index contributed by atoms with van der Waals surface area (Å²) in [6.07, 6.45) is 4.72. The average Bonchev–Trinajstić information content (AvgIpc) is 3.08. The summed E-state index contributed by atoms with van der Waals surface area (Å²) >= 11 is 1.19. The smallest absolute Gasteiger partial charge is 0.266 e. The van der Waals surface area contributed by atoms with Crippen LogP contribution < -0.4 is 21.5 Å². The fourth-order valence-electron chi connectivity index (χ4n) is 3.68. The third-order valence-electron chi connectivity index (χ3n) is 5.37. The van der Waals surface area contributed by atoms with Crippen molar-refractivity contribution in [2.45, 2.75) is 19.8 Å². The molecule has 0 aliphatic carbocycles. The molecule has 0 radical (unpaired) electrons. The number of hydrogen-bond donors (Lipinski definition) is 2. The number of rotatable bonds is 4. The number of pyridine rings is 1. The van der Waals surface area contributed by atoms with Crippen LogP contribution in [0, 0.1) is 12.8 Å². The summed E-state index contributed by atoms with van der Waals surface area (Å²) in [5.74, 6) is -0.0210. The lowest BCUT2D eigenvalue weighted by molar-refractivity contribution is -0.122. The first kappa shape index (κ1) is 20.0. The highest BCUT2D eigenvalue weighted by Gasteiger charge is 2.25. The van der Waals surface area contributed by atoms with Crippen molar-refractivity contribution >= 4 is 44.9 Å². The van der Waals surface area contributed by atoms with Gasteiger partial charge in [-0.2, -0.15) is 0 Å². The van der Waals surface area contributed by atoms with Crippen LogP contribution in [0.2, 0.25) is 0 Å². The molecular weight excluding hydrogens is 404 g/mol. The van der Waals surface area contributed by atoms with Crippen molar-refractivity contribution < 1.29 is 9.59 Å². The Morgan fingerprint density at radius 2 is 2.10 bits per heavy atom. The minimum absolute atomic E-state index is 0.169. The maximum absolute atomic E-state index is 12.8. The largest absolute Gasteiger partial charge is 0.369 e. The Morgan fingerprint density at radius 3 is 2.80 bits per heavy atom. The maximum Gasteiger partial charge on any atom is 0.266 e. The molecule has 3 N–H and O–H groups in total. The van der Waals surface area contributed by atoms with E-state index in [0.717, 1.165) is 25.2 Å². The minimum Gasteiger partial charge on any atom is -0.369 e. The van der Waals surface area contributed by atoms with Gasteiger partial charge in [-0.15, -0.1) is 11.3 Å². The van der Waals surface area contributed by atoms with Gasteiger partial charge in [0.1, 0.15) is 10.6 Å². The Bertz CT molecular complexity index is 1180. The Morgan fingerprint density at radius 1 is 1.30 bits per heavy atom. The predicted molar refractivity (Wildman–Crippen MR) is 116 cm³/mol. The van der Waals surface area contributed by atoms with Crippen LogP contribution in [0.5, 0.6) is 0 Å². The normalized spacial score (nSPS) is 16.6. The number of hydrogen-bond acceptors (Lipinski definition) is 7. The molecule has 9 nitrogen and oxygen atoms in total. The Balaban J connectivity index is 1.51. The van der Waals surface area contributed by atoms with E-state index in [2.05, 4.69) is 15.3 Å². The lowest BCUT2D eigenvalue weighted by Crippen LogP contribution is -2.41. The molecule has 10 heteroatoms. The number of amides is 2. The molecule has 3 aromatic heterocycles. The highest BCUT2D eigenvalue weighted by molar-refractivity contribution is 7.20. The van der Waals surface area contributed by atoms with E-state index >= 15 is 0 Å². The van der Waals surface area contributed by atoms with Crippen molar-refractivity contribution in [2.75, 3.05) is 23.3 Å². The van der Waals surface area contributed by atoms with Gasteiger partial charge in [-0.05, 0) is 37.5 Å². The zero-order valence-electron chi connectivity index (χ0n) is 16.7. The quantitative estimate of drug-likeness (QED) is 0.654. The summed E-state index contributed by atoms with van der Waals surface area (Å²) in [7, 11) is 1.63. The highest BCUT2D eigenvalue weighted by Crippen LogP contribution is 2.28. The van der Waals surface area contributed by atoms with Crippen molar-refractivity contribution in [1.29, 1.82) is 0 Å². The molecule has 0 bridgehead atoms. The number of aryl methyl sites for hydroxylation is 2. The van der Waals surface area contributed by atoms with Gasteiger partial charge in [0.2, 0.25) is 5.91 Å². The van der Waals surface area contributed by atoms with E-state index in [4.69, 9.17) is 5.73 Å². The first-order valence-corrected chi connectivity index (χ1v) is 10.4. The second kappa shape index (κ2) is 7.86. The standard InChI is InChI=1S/C20H22N6O3S/c1-11-15-19(23-10-25(2)20(15)29)30-16(11)18(28)24-13-5-6-14(22-8-13)26-7-3-4-12(9-26)17(21)27/h5-6,8,10,12H,3-4,7,9H2,1-2H3,(H2,21,27)(H,24,28). The van der Waals surface area contributed by atoms with Crippen LogP contribution in [0.3, 0.4) is 0 Å². The number of piperidine rings is 1. The third-order valence-corrected chi connectivity index (χ3v) is 6.57. The lowest BCUT2D eigenvalue weighted by atomic mass is 9.97. The number of anilines is 2. The van der Waals surface area contributed by atoms with Crippen LogP contribution in [-0.4, -0.2) is 39.4 Å². The van der Waals surface area contributed by atoms with Crippen molar-refractivity contribution in [1.82, 2.24) is 14.5 Å². The fraction of sp³-hybridized carbons (Fsp3) is 0.350. The van der Waals surface area contributed by atoms with Gasteiger partial charge >= 0.3 is 0 Å². The van der Waals surface area contributed by atoms with Crippen molar-refractivity contribution in [3.8, 4) is 0 Å². The lowest BCUT2D eigenvalue weighted by Gasteiger charge is -2.32. The number of fused-ring (bicyclic) bond motifs is 1. The molecule has 1 atom stereocenters. The molecule has 4 heterocycles. The van der Waals surface area contributed by atoms with E-state index in [1.54, 1.807) is 26.2 Å². The Hall–Kier alpha value is -3.27. The van der Waals surface area contributed by atoms with E-state index in [9.17, 15) is 14.4 Å². The van der Waals surface area contributed by atoms with Crippen LogP contribution in [-0.2, 0) is 11.8 Å². The van der Waals surface area contributed by atoms with Crippen molar-refractivity contribution in [2.24, 2.45) is 18.7 Å². The highest BCUT2D eigenvalue weighted by atomic mass is 32.1. The number of nitrogens with zero attached hydrogens (tertiary/aromatic N) is 4.